The van der Waals surface area contributed by atoms with E-state index in [9.17, 15) is 0 Å². The van der Waals surface area contributed by atoms with Gasteiger partial charge in [0.25, 0.3) is 0 Å². The molecular weight excluding hydrogens is 649 g/mol. The third-order valence-corrected chi connectivity index (χ3v) is 12.0. The molecule has 0 fully saturated rings. The van der Waals surface area contributed by atoms with E-state index in [1.54, 1.807) is 6.26 Å². The van der Waals surface area contributed by atoms with Gasteiger partial charge < -0.3 is 4.42 Å². The Labute approximate surface area is 304 Å². The van der Waals surface area contributed by atoms with Crippen LogP contribution in [0.4, 0.5) is 0 Å². The zero-order chi connectivity index (χ0) is 34.2. The van der Waals surface area contributed by atoms with Crippen LogP contribution in [0.2, 0.25) is 0 Å². The smallest absolute Gasteiger partial charge is 0.0981 e. The molecule has 0 aliphatic carbocycles. The third kappa shape index (κ3) is 4.28. The lowest BCUT2D eigenvalue weighted by atomic mass is 9.85. The zero-order valence-electron chi connectivity index (χ0n) is 28.1. The normalized spacial score (nSPS) is 11.8. The van der Waals surface area contributed by atoms with Gasteiger partial charge in [0.2, 0.25) is 0 Å². The Morgan fingerprint density at radius 1 is 0.327 bits per heavy atom. The molecule has 0 N–H and O–H groups in total. The first-order valence-electron chi connectivity index (χ1n) is 17.7. The van der Waals surface area contributed by atoms with Gasteiger partial charge in [-0.2, -0.15) is 0 Å². The summed E-state index contributed by atoms with van der Waals surface area (Å²) >= 11 is 1.91. The van der Waals surface area contributed by atoms with Crippen molar-refractivity contribution in [1.29, 1.82) is 0 Å². The summed E-state index contributed by atoms with van der Waals surface area (Å²) in [5, 5.41) is 12.7. The fraction of sp³-hybridized carbons (Fsp3) is 0. The van der Waals surface area contributed by atoms with E-state index in [1.165, 1.54) is 102 Å². The van der Waals surface area contributed by atoms with Crippen molar-refractivity contribution in [2.75, 3.05) is 0 Å². The lowest BCUT2D eigenvalue weighted by Crippen LogP contribution is -1.90. The maximum atomic E-state index is 5.59. The fourth-order valence-electron chi connectivity index (χ4n) is 8.64. The average molecular weight is 679 g/mol. The average Bonchev–Trinajstić information content (AvgIpc) is 3.88. The number of hydrogen-bond acceptors (Lipinski definition) is 2. The first-order valence-corrected chi connectivity index (χ1v) is 18.6. The largest absolute Gasteiger partial charge is 0.472 e. The van der Waals surface area contributed by atoms with Crippen LogP contribution in [0.1, 0.15) is 0 Å². The lowest BCUT2D eigenvalue weighted by Gasteiger charge is -2.17. The van der Waals surface area contributed by atoms with E-state index in [4.69, 9.17) is 4.42 Å². The summed E-state index contributed by atoms with van der Waals surface area (Å²) < 4.78 is 8.20. The number of hydrogen-bond donors (Lipinski definition) is 0. The van der Waals surface area contributed by atoms with Crippen LogP contribution in [-0.4, -0.2) is 0 Å². The van der Waals surface area contributed by atoms with Crippen LogP contribution in [0, 0.1) is 0 Å². The van der Waals surface area contributed by atoms with Gasteiger partial charge in [-0.15, -0.1) is 11.3 Å². The molecule has 2 heterocycles. The molecule has 0 radical (unpaired) electrons. The topological polar surface area (TPSA) is 13.1 Å². The third-order valence-electron chi connectivity index (χ3n) is 10.8. The molecule has 0 saturated heterocycles. The molecule has 242 valence electrons. The molecule has 11 rings (SSSR count). The minimum atomic E-state index is 1.10. The number of furan rings is 1. The molecule has 9 aromatic carbocycles. The summed E-state index contributed by atoms with van der Waals surface area (Å²) in [6.07, 6.45) is 3.63. The molecule has 0 bridgehead atoms. The molecule has 52 heavy (non-hydrogen) atoms. The second-order valence-electron chi connectivity index (χ2n) is 13.6. The SMILES string of the molecule is c1ccc(-c2c3ccccc3c(-c3ccc4c(c3)sc3c(-c5c6ccccc6c(-c6ccoc6)c6ccccc56)cccc34)c3ccccc23)cc1. The predicted octanol–water partition coefficient (Wildman–Crippen LogP) is 14.9. The lowest BCUT2D eigenvalue weighted by molar-refractivity contribution is 0.568. The molecule has 2 heteroatoms. The molecular formula is C50H30OS. The minimum absolute atomic E-state index is 1.10. The second kappa shape index (κ2) is 11.5. The molecule has 0 spiro atoms. The first-order chi connectivity index (χ1) is 25.8. The molecule has 0 aliphatic rings. The highest BCUT2D eigenvalue weighted by atomic mass is 32.1. The summed E-state index contributed by atoms with van der Waals surface area (Å²) in [5.74, 6) is 0. The highest BCUT2D eigenvalue weighted by Gasteiger charge is 2.21. The summed E-state index contributed by atoms with van der Waals surface area (Å²) in [4.78, 5) is 0. The van der Waals surface area contributed by atoms with Crippen LogP contribution < -0.4 is 0 Å². The van der Waals surface area contributed by atoms with E-state index in [0.717, 1.165) is 5.56 Å². The second-order valence-corrected chi connectivity index (χ2v) is 14.6. The number of thiophene rings is 1. The van der Waals surface area contributed by atoms with Gasteiger partial charge in [0.1, 0.15) is 0 Å². The molecule has 0 amide bonds. The van der Waals surface area contributed by atoms with Crippen LogP contribution in [0.25, 0.3) is 108 Å². The highest BCUT2D eigenvalue weighted by molar-refractivity contribution is 7.26. The maximum Gasteiger partial charge on any atom is 0.0981 e. The van der Waals surface area contributed by atoms with E-state index in [1.807, 2.05) is 17.6 Å². The Hall–Kier alpha value is -6.48. The molecule has 0 saturated carbocycles. The molecule has 0 unspecified atom stereocenters. The molecule has 0 atom stereocenters. The van der Waals surface area contributed by atoms with Gasteiger partial charge in [0, 0.05) is 36.9 Å². The van der Waals surface area contributed by atoms with Gasteiger partial charge >= 0.3 is 0 Å². The van der Waals surface area contributed by atoms with Gasteiger partial charge in [-0.05, 0) is 83.0 Å². The van der Waals surface area contributed by atoms with Crippen molar-refractivity contribution in [3.05, 3.63) is 182 Å². The summed E-state index contributed by atoms with van der Waals surface area (Å²) in [6, 6.07) is 62.3. The van der Waals surface area contributed by atoms with E-state index in [0.29, 0.717) is 0 Å². The van der Waals surface area contributed by atoms with Crippen molar-refractivity contribution in [3.8, 4) is 44.5 Å². The number of fused-ring (bicyclic) bond motifs is 7. The van der Waals surface area contributed by atoms with Crippen molar-refractivity contribution < 1.29 is 4.42 Å². The van der Waals surface area contributed by atoms with Crippen molar-refractivity contribution in [3.63, 3.8) is 0 Å². The predicted molar refractivity (Wildman–Crippen MR) is 223 cm³/mol. The van der Waals surface area contributed by atoms with Crippen LogP contribution in [0.3, 0.4) is 0 Å². The Kier molecular flexibility index (Phi) is 6.49. The van der Waals surface area contributed by atoms with Gasteiger partial charge in [0.15, 0.2) is 0 Å². The Bertz CT molecular complexity index is 3050. The van der Waals surface area contributed by atoms with E-state index in [2.05, 4.69) is 170 Å². The van der Waals surface area contributed by atoms with Crippen LogP contribution in [-0.2, 0) is 0 Å². The molecule has 11 aromatic rings. The molecule has 2 aromatic heterocycles. The standard InChI is InChI=1S/C50H30OS/c1-2-13-31(14-3-1)46-35-15-4-6-17-37(35)47(38-18-7-5-16-36(38)46)32-25-26-34-43-23-12-24-44(50(43)52-45(34)29-32)49-41-21-10-8-19-39(41)48(33-27-28-51-30-33)40-20-9-11-22-42(40)49/h1-30H. The van der Waals surface area contributed by atoms with Crippen molar-refractivity contribution in [1.82, 2.24) is 0 Å². The zero-order valence-corrected chi connectivity index (χ0v) is 29.0. The number of benzene rings is 9. The monoisotopic (exact) mass is 678 g/mol. The van der Waals surface area contributed by atoms with Crippen molar-refractivity contribution >= 4 is 74.6 Å². The van der Waals surface area contributed by atoms with E-state index >= 15 is 0 Å². The minimum Gasteiger partial charge on any atom is -0.472 e. The quantitative estimate of drug-likeness (QED) is 0.169. The van der Waals surface area contributed by atoms with Crippen LogP contribution >= 0.6 is 11.3 Å². The first kappa shape index (κ1) is 29.3. The van der Waals surface area contributed by atoms with Crippen molar-refractivity contribution in [2.45, 2.75) is 0 Å². The van der Waals surface area contributed by atoms with Gasteiger partial charge in [-0.25, -0.2) is 0 Å². The van der Waals surface area contributed by atoms with E-state index in [-0.39, 0.29) is 0 Å². The summed E-state index contributed by atoms with van der Waals surface area (Å²) in [5.41, 5.74) is 9.94. The fourth-order valence-corrected chi connectivity index (χ4v) is 9.90. The van der Waals surface area contributed by atoms with E-state index < -0.39 is 0 Å². The highest BCUT2D eigenvalue weighted by Crippen LogP contribution is 2.49. The Balaban J connectivity index is 1.18. The Morgan fingerprint density at radius 3 is 1.35 bits per heavy atom. The van der Waals surface area contributed by atoms with Gasteiger partial charge in [0.05, 0.1) is 12.5 Å². The summed E-state index contributed by atoms with van der Waals surface area (Å²) in [7, 11) is 0. The van der Waals surface area contributed by atoms with Crippen LogP contribution in [0.5, 0.6) is 0 Å². The Morgan fingerprint density at radius 2 is 0.808 bits per heavy atom. The maximum absolute atomic E-state index is 5.59. The number of rotatable bonds is 4. The van der Waals surface area contributed by atoms with Crippen LogP contribution in [0.15, 0.2) is 187 Å². The van der Waals surface area contributed by atoms with Gasteiger partial charge in [-0.1, -0.05) is 158 Å². The van der Waals surface area contributed by atoms with Crippen molar-refractivity contribution in [2.24, 2.45) is 0 Å². The van der Waals surface area contributed by atoms with Gasteiger partial charge in [-0.3, -0.25) is 0 Å². The summed E-state index contributed by atoms with van der Waals surface area (Å²) in [6.45, 7) is 0. The molecule has 1 nitrogen and oxygen atoms in total. The molecule has 0 aliphatic heterocycles.